The number of halogens is 1. The number of anilines is 2. The molecule has 2 rings (SSSR count). The molecule has 1 aromatic carbocycles. The summed E-state index contributed by atoms with van der Waals surface area (Å²) in [4.78, 5) is 11.0. The van der Waals surface area contributed by atoms with Crippen molar-refractivity contribution in [1.29, 1.82) is 0 Å². The van der Waals surface area contributed by atoms with Gasteiger partial charge in [0.1, 0.15) is 5.82 Å². The number of carbonyl (C=O) groups is 1. The van der Waals surface area contributed by atoms with E-state index in [1.165, 1.54) is 13.0 Å². The Labute approximate surface area is 118 Å². The van der Waals surface area contributed by atoms with Gasteiger partial charge in [-0.15, -0.1) is 0 Å². The van der Waals surface area contributed by atoms with E-state index in [4.69, 9.17) is 4.74 Å². The normalized spacial score (nSPS) is 21.3. The van der Waals surface area contributed by atoms with Crippen molar-refractivity contribution in [3.05, 3.63) is 24.0 Å². The third-order valence-electron chi connectivity index (χ3n) is 3.34. The fourth-order valence-corrected chi connectivity index (χ4v) is 2.49. The van der Waals surface area contributed by atoms with E-state index in [2.05, 4.69) is 10.6 Å². The van der Waals surface area contributed by atoms with Gasteiger partial charge < -0.3 is 15.4 Å². The molecule has 4 nitrogen and oxygen atoms in total. The van der Waals surface area contributed by atoms with Gasteiger partial charge in [-0.05, 0) is 44.9 Å². The van der Waals surface area contributed by atoms with Crippen LogP contribution in [0.2, 0.25) is 0 Å². The Bertz CT molecular complexity index is 503. The predicted molar refractivity (Wildman–Crippen MR) is 77.4 cm³/mol. The highest BCUT2D eigenvalue weighted by molar-refractivity contribution is 5.89. The minimum Gasteiger partial charge on any atom is -0.380 e. The van der Waals surface area contributed by atoms with Gasteiger partial charge in [-0.1, -0.05) is 0 Å². The van der Waals surface area contributed by atoms with Crippen molar-refractivity contribution < 1.29 is 13.9 Å². The lowest BCUT2D eigenvalue weighted by atomic mass is 9.94. The molecular formula is C15H21FN2O2. The summed E-state index contributed by atoms with van der Waals surface area (Å²) < 4.78 is 19.5. The molecular weight excluding hydrogens is 259 g/mol. The Hall–Kier alpha value is -1.62. The Morgan fingerprint density at radius 3 is 2.85 bits per heavy atom. The van der Waals surface area contributed by atoms with Crippen LogP contribution in [-0.2, 0) is 9.53 Å². The highest BCUT2D eigenvalue weighted by Crippen LogP contribution is 2.28. The maximum atomic E-state index is 13.8. The summed E-state index contributed by atoms with van der Waals surface area (Å²) in [5, 5.41) is 5.87. The van der Waals surface area contributed by atoms with Crippen LogP contribution >= 0.6 is 0 Å². The third-order valence-corrected chi connectivity index (χ3v) is 3.34. The van der Waals surface area contributed by atoms with E-state index in [0.29, 0.717) is 18.0 Å². The maximum Gasteiger partial charge on any atom is 0.221 e. The van der Waals surface area contributed by atoms with Gasteiger partial charge in [-0.2, -0.15) is 0 Å². The van der Waals surface area contributed by atoms with Crippen LogP contribution in [0.3, 0.4) is 0 Å². The molecule has 1 saturated heterocycles. The molecule has 5 heteroatoms. The molecule has 0 bridgehead atoms. The SMILES string of the molecule is CC(=O)Nc1ccc(F)c(NC2CCOC(C)(C)C2)c1. The first-order valence-corrected chi connectivity index (χ1v) is 6.83. The molecule has 1 aliphatic rings. The second kappa shape index (κ2) is 5.79. The van der Waals surface area contributed by atoms with E-state index in [9.17, 15) is 9.18 Å². The number of hydrogen-bond donors (Lipinski definition) is 2. The molecule has 20 heavy (non-hydrogen) atoms. The van der Waals surface area contributed by atoms with E-state index in [1.807, 2.05) is 13.8 Å². The molecule has 0 radical (unpaired) electrons. The Kier molecular flexibility index (Phi) is 4.28. The number of ether oxygens (including phenoxy) is 1. The second-order valence-corrected chi connectivity index (χ2v) is 5.82. The van der Waals surface area contributed by atoms with E-state index in [1.54, 1.807) is 12.1 Å². The predicted octanol–water partition coefficient (Wildman–Crippen LogP) is 3.15. The monoisotopic (exact) mass is 280 g/mol. The first-order chi connectivity index (χ1) is 9.35. The standard InChI is InChI=1S/C15H21FN2O2/c1-10(19)17-11-4-5-13(16)14(8-11)18-12-6-7-20-15(2,3)9-12/h4-5,8,12,18H,6-7,9H2,1-3H3,(H,17,19). The quantitative estimate of drug-likeness (QED) is 0.894. The lowest BCUT2D eigenvalue weighted by Crippen LogP contribution is -2.40. The minimum absolute atomic E-state index is 0.167. The summed E-state index contributed by atoms with van der Waals surface area (Å²) in [5.41, 5.74) is 0.813. The summed E-state index contributed by atoms with van der Waals surface area (Å²) in [5.74, 6) is -0.488. The molecule has 0 aromatic heterocycles. The van der Waals surface area contributed by atoms with E-state index in [-0.39, 0.29) is 23.4 Å². The highest BCUT2D eigenvalue weighted by atomic mass is 19.1. The van der Waals surface area contributed by atoms with Crippen molar-refractivity contribution in [2.45, 2.75) is 45.3 Å². The Balaban J connectivity index is 2.10. The second-order valence-electron chi connectivity index (χ2n) is 5.82. The first kappa shape index (κ1) is 14.8. The van der Waals surface area contributed by atoms with Crippen molar-refractivity contribution in [2.75, 3.05) is 17.2 Å². The fraction of sp³-hybridized carbons (Fsp3) is 0.533. The molecule has 1 unspecified atom stereocenters. The van der Waals surface area contributed by atoms with Crippen molar-refractivity contribution >= 4 is 17.3 Å². The van der Waals surface area contributed by atoms with Crippen molar-refractivity contribution in [3.8, 4) is 0 Å². The molecule has 1 atom stereocenters. The minimum atomic E-state index is -0.316. The zero-order valence-electron chi connectivity index (χ0n) is 12.1. The molecule has 2 N–H and O–H groups in total. The molecule has 1 fully saturated rings. The van der Waals surface area contributed by atoms with Crippen LogP contribution in [0.5, 0.6) is 0 Å². The summed E-state index contributed by atoms with van der Waals surface area (Å²) in [7, 11) is 0. The van der Waals surface area contributed by atoms with Gasteiger partial charge in [0.15, 0.2) is 0 Å². The topological polar surface area (TPSA) is 50.4 Å². The lowest BCUT2D eigenvalue weighted by molar-refractivity contribution is -0.114. The molecule has 1 heterocycles. The smallest absolute Gasteiger partial charge is 0.221 e. The van der Waals surface area contributed by atoms with Crippen molar-refractivity contribution in [1.82, 2.24) is 0 Å². The van der Waals surface area contributed by atoms with Crippen LogP contribution in [0, 0.1) is 5.82 Å². The van der Waals surface area contributed by atoms with Crippen molar-refractivity contribution in [2.24, 2.45) is 0 Å². The van der Waals surface area contributed by atoms with Gasteiger partial charge in [-0.25, -0.2) is 4.39 Å². The maximum absolute atomic E-state index is 13.8. The zero-order valence-corrected chi connectivity index (χ0v) is 12.1. The number of rotatable bonds is 3. The molecule has 0 spiro atoms. The van der Waals surface area contributed by atoms with Crippen molar-refractivity contribution in [3.63, 3.8) is 0 Å². The van der Waals surface area contributed by atoms with Crippen LogP contribution < -0.4 is 10.6 Å². The summed E-state index contributed by atoms with van der Waals surface area (Å²) in [6.45, 7) is 6.16. The van der Waals surface area contributed by atoms with E-state index < -0.39 is 0 Å². The van der Waals surface area contributed by atoms with Crippen LogP contribution in [0.4, 0.5) is 15.8 Å². The van der Waals surface area contributed by atoms with E-state index in [0.717, 1.165) is 12.8 Å². The average Bonchev–Trinajstić information content (AvgIpc) is 2.31. The highest BCUT2D eigenvalue weighted by Gasteiger charge is 2.29. The third kappa shape index (κ3) is 3.93. The zero-order chi connectivity index (χ0) is 14.8. The van der Waals surface area contributed by atoms with Crippen LogP contribution in [0.15, 0.2) is 18.2 Å². The van der Waals surface area contributed by atoms with Gasteiger partial charge in [0, 0.05) is 25.3 Å². The van der Waals surface area contributed by atoms with Gasteiger partial charge in [0.05, 0.1) is 11.3 Å². The van der Waals surface area contributed by atoms with Gasteiger partial charge >= 0.3 is 0 Å². The fourth-order valence-electron chi connectivity index (χ4n) is 2.49. The molecule has 1 aromatic rings. The molecule has 1 aliphatic heterocycles. The van der Waals surface area contributed by atoms with Gasteiger partial charge in [-0.3, -0.25) is 4.79 Å². The number of amides is 1. The number of benzene rings is 1. The Morgan fingerprint density at radius 1 is 1.45 bits per heavy atom. The van der Waals surface area contributed by atoms with Crippen LogP contribution in [0.25, 0.3) is 0 Å². The Morgan fingerprint density at radius 2 is 2.20 bits per heavy atom. The molecule has 0 saturated carbocycles. The summed E-state index contributed by atoms with van der Waals surface area (Å²) >= 11 is 0. The van der Waals surface area contributed by atoms with Crippen LogP contribution in [-0.4, -0.2) is 24.2 Å². The molecule has 0 aliphatic carbocycles. The first-order valence-electron chi connectivity index (χ1n) is 6.83. The number of carbonyl (C=O) groups excluding carboxylic acids is 1. The largest absolute Gasteiger partial charge is 0.380 e. The summed E-state index contributed by atoms with van der Waals surface area (Å²) in [6.07, 6.45) is 1.66. The summed E-state index contributed by atoms with van der Waals surface area (Å²) in [6, 6.07) is 4.70. The van der Waals surface area contributed by atoms with Gasteiger partial charge in [0.25, 0.3) is 0 Å². The lowest BCUT2D eigenvalue weighted by Gasteiger charge is -2.36. The van der Waals surface area contributed by atoms with E-state index >= 15 is 0 Å². The number of hydrogen-bond acceptors (Lipinski definition) is 3. The van der Waals surface area contributed by atoms with Gasteiger partial charge in [0.2, 0.25) is 5.91 Å². The number of nitrogens with one attached hydrogen (secondary N) is 2. The molecule has 1 amide bonds. The molecule has 110 valence electrons. The average molecular weight is 280 g/mol. The van der Waals surface area contributed by atoms with Crippen LogP contribution in [0.1, 0.15) is 33.6 Å².